The molecule has 1 aromatic heterocycles. The fourth-order valence-electron chi connectivity index (χ4n) is 1.80. The second-order valence-electron chi connectivity index (χ2n) is 5.10. The number of hydrogen-bond acceptors (Lipinski definition) is 5. The molecule has 0 saturated carbocycles. The number of nitrogens with zero attached hydrogens (tertiary/aromatic N) is 2. The van der Waals surface area contributed by atoms with E-state index in [2.05, 4.69) is 15.5 Å². The molecule has 0 aliphatic carbocycles. The summed E-state index contributed by atoms with van der Waals surface area (Å²) in [6.45, 7) is 3.02. The van der Waals surface area contributed by atoms with Gasteiger partial charge in [-0.2, -0.15) is 4.98 Å². The average molecular weight is 321 g/mol. The van der Waals surface area contributed by atoms with E-state index in [4.69, 9.17) is 9.63 Å². The molecular weight excluding hydrogens is 305 g/mol. The van der Waals surface area contributed by atoms with E-state index in [1.807, 2.05) is 0 Å². The van der Waals surface area contributed by atoms with Crippen LogP contribution in [0.2, 0.25) is 0 Å². The fourth-order valence-corrected chi connectivity index (χ4v) is 1.80. The van der Waals surface area contributed by atoms with Gasteiger partial charge in [0.25, 0.3) is 0 Å². The predicted molar refractivity (Wildman–Crippen MR) is 78.0 cm³/mol. The van der Waals surface area contributed by atoms with Crippen LogP contribution >= 0.6 is 0 Å². The predicted octanol–water partition coefficient (Wildman–Crippen LogP) is 1.71. The highest BCUT2D eigenvalue weighted by Gasteiger charge is 2.15. The normalized spacial score (nSPS) is 12.0. The molecular formula is C15H16FN3O4. The van der Waals surface area contributed by atoms with Crippen molar-refractivity contribution in [1.29, 1.82) is 0 Å². The maximum Gasteiger partial charge on any atom is 0.325 e. The maximum atomic E-state index is 13.5. The molecule has 0 fully saturated rings. The van der Waals surface area contributed by atoms with Gasteiger partial charge in [-0.25, -0.2) is 4.39 Å². The average Bonchev–Trinajstić information content (AvgIpc) is 2.96. The van der Waals surface area contributed by atoms with Crippen LogP contribution in [0.4, 0.5) is 4.39 Å². The molecule has 23 heavy (non-hydrogen) atoms. The molecule has 122 valence electrons. The highest BCUT2D eigenvalue weighted by molar-refractivity contribution is 5.83. The third-order valence-electron chi connectivity index (χ3n) is 3.21. The van der Waals surface area contributed by atoms with Crippen LogP contribution in [0.5, 0.6) is 0 Å². The van der Waals surface area contributed by atoms with Crippen LogP contribution in [0, 0.1) is 12.7 Å². The smallest absolute Gasteiger partial charge is 0.325 e. The number of carbonyl (C=O) groups is 2. The van der Waals surface area contributed by atoms with Gasteiger partial charge in [-0.3, -0.25) is 9.59 Å². The minimum Gasteiger partial charge on any atom is -0.480 e. The van der Waals surface area contributed by atoms with Gasteiger partial charge >= 0.3 is 5.97 Å². The van der Waals surface area contributed by atoms with Crippen molar-refractivity contribution in [3.05, 3.63) is 35.5 Å². The standard InChI is InChI=1S/C15H16FN3O4/c1-8-3-4-10(7-11(8)16)14-18-13(23-19-14)6-5-12(20)17-9(2)15(21)22/h3-4,7,9H,5-6H2,1-2H3,(H,17,20)(H,21,22). The van der Waals surface area contributed by atoms with Crippen LogP contribution in [0.25, 0.3) is 11.4 Å². The Balaban J connectivity index is 1.96. The number of nitrogens with one attached hydrogen (secondary N) is 1. The minimum absolute atomic E-state index is 0.0154. The monoisotopic (exact) mass is 321 g/mol. The number of aliphatic carboxylic acids is 1. The Kier molecular flexibility index (Phi) is 5.05. The summed E-state index contributed by atoms with van der Waals surface area (Å²) in [5, 5.41) is 14.8. The molecule has 0 saturated heterocycles. The van der Waals surface area contributed by atoms with Crippen LogP contribution in [0.15, 0.2) is 22.7 Å². The molecule has 2 rings (SSSR count). The summed E-state index contributed by atoms with van der Waals surface area (Å²) in [6, 6.07) is 3.64. The number of amides is 1. The summed E-state index contributed by atoms with van der Waals surface area (Å²) in [4.78, 5) is 26.3. The first-order valence-corrected chi connectivity index (χ1v) is 6.98. The zero-order valence-corrected chi connectivity index (χ0v) is 12.7. The lowest BCUT2D eigenvalue weighted by atomic mass is 10.1. The summed E-state index contributed by atoms with van der Waals surface area (Å²) >= 11 is 0. The van der Waals surface area contributed by atoms with Crippen molar-refractivity contribution < 1.29 is 23.6 Å². The van der Waals surface area contributed by atoms with E-state index in [0.717, 1.165) is 0 Å². The van der Waals surface area contributed by atoms with Crippen LogP contribution in [0.3, 0.4) is 0 Å². The van der Waals surface area contributed by atoms with E-state index < -0.39 is 17.9 Å². The molecule has 1 amide bonds. The van der Waals surface area contributed by atoms with E-state index in [1.165, 1.54) is 13.0 Å². The number of benzene rings is 1. The first-order valence-electron chi connectivity index (χ1n) is 6.98. The highest BCUT2D eigenvalue weighted by Crippen LogP contribution is 2.19. The van der Waals surface area contributed by atoms with Gasteiger partial charge in [0.15, 0.2) is 0 Å². The van der Waals surface area contributed by atoms with Crippen LogP contribution in [0.1, 0.15) is 24.8 Å². The Bertz CT molecular complexity index is 729. The topological polar surface area (TPSA) is 105 Å². The molecule has 0 radical (unpaired) electrons. The number of aromatic nitrogens is 2. The van der Waals surface area contributed by atoms with E-state index in [-0.39, 0.29) is 30.4 Å². The quantitative estimate of drug-likeness (QED) is 0.839. The third kappa shape index (κ3) is 4.35. The van der Waals surface area contributed by atoms with Crippen molar-refractivity contribution in [2.24, 2.45) is 0 Å². The number of rotatable bonds is 6. The van der Waals surface area contributed by atoms with Crippen molar-refractivity contribution in [3.8, 4) is 11.4 Å². The van der Waals surface area contributed by atoms with Gasteiger partial charge in [0.2, 0.25) is 17.6 Å². The zero-order chi connectivity index (χ0) is 17.0. The van der Waals surface area contributed by atoms with Crippen molar-refractivity contribution in [1.82, 2.24) is 15.5 Å². The van der Waals surface area contributed by atoms with Gasteiger partial charge in [-0.1, -0.05) is 17.3 Å². The van der Waals surface area contributed by atoms with Crippen molar-refractivity contribution in [3.63, 3.8) is 0 Å². The number of hydrogen-bond donors (Lipinski definition) is 2. The lowest BCUT2D eigenvalue weighted by molar-refractivity contribution is -0.141. The number of carboxylic acid groups (broad SMARTS) is 1. The van der Waals surface area contributed by atoms with Crippen molar-refractivity contribution >= 4 is 11.9 Å². The number of carbonyl (C=O) groups excluding carboxylic acids is 1. The maximum absolute atomic E-state index is 13.5. The number of carboxylic acids is 1. The SMILES string of the molecule is Cc1ccc(-c2noc(CCC(=O)NC(C)C(=O)O)n2)cc1F. The number of halogens is 1. The summed E-state index contributed by atoms with van der Waals surface area (Å²) in [6.07, 6.45) is 0.182. The first-order chi connectivity index (χ1) is 10.9. The Morgan fingerprint density at radius 2 is 2.17 bits per heavy atom. The second kappa shape index (κ2) is 6.99. The number of aryl methyl sites for hydroxylation is 2. The molecule has 8 heteroatoms. The molecule has 0 spiro atoms. The minimum atomic E-state index is -1.11. The van der Waals surface area contributed by atoms with Crippen molar-refractivity contribution in [2.75, 3.05) is 0 Å². The van der Waals surface area contributed by atoms with Gasteiger partial charge in [-0.15, -0.1) is 0 Å². The molecule has 1 atom stereocenters. The molecule has 2 aromatic rings. The molecule has 7 nitrogen and oxygen atoms in total. The zero-order valence-electron chi connectivity index (χ0n) is 12.7. The van der Waals surface area contributed by atoms with Crippen molar-refractivity contribution in [2.45, 2.75) is 32.7 Å². The highest BCUT2D eigenvalue weighted by atomic mass is 19.1. The Labute approximate surface area is 131 Å². The molecule has 2 N–H and O–H groups in total. The molecule has 1 aromatic carbocycles. The lowest BCUT2D eigenvalue weighted by Gasteiger charge is -2.07. The van der Waals surface area contributed by atoms with Crippen LogP contribution in [-0.2, 0) is 16.0 Å². The van der Waals surface area contributed by atoms with Gasteiger partial charge in [0, 0.05) is 18.4 Å². The molecule has 0 aliphatic heterocycles. The van der Waals surface area contributed by atoms with Crippen LogP contribution in [-0.4, -0.2) is 33.2 Å². The Hall–Kier alpha value is -2.77. The van der Waals surface area contributed by atoms with Gasteiger partial charge < -0.3 is 14.9 Å². The molecule has 1 unspecified atom stereocenters. The molecule has 1 heterocycles. The second-order valence-corrected chi connectivity index (χ2v) is 5.10. The Morgan fingerprint density at radius 1 is 1.43 bits per heavy atom. The van der Waals surface area contributed by atoms with Gasteiger partial charge in [0.1, 0.15) is 11.9 Å². The molecule has 0 bridgehead atoms. The van der Waals surface area contributed by atoms with E-state index in [1.54, 1.807) is 19.1 Å². The first kappa shape index (κ1) is 16.6. The fraction of sp³-hybridized carbons (Fsp3) is 0.333. The third-order valence-corrected chi connectivity index (χ3v) is 3.21. The van der Waals surface area contributed by atoms with E-state index in [0.29, 0.717) is 11.1 Å². The van der Waals surface area contributed by atoms with Gasteiger partial charge in [0.05, 0.1) is 0 Å². The summed E-state index contributed by atoms with van der Waals surface area (Å²) in [5.74, 6) is -1.45. The Morgan fingerprint density at radius 3 is 2.83 bits per heavy atom. The van der Waals surface area contributed by atoms with Gasteiger partial charge in [-0.05, 0) is 25.5 Å². The summed E-state index contributed by atoms with van der Waals surface area (Å²) in [7, 11) is 0. The summed E-state index contributed by atoms with van der Waals surface area (Å²) < 4.78 is 18.5. The lowest BCUT2D eigenvalue weighted by Crippen LogP contribution is -2.38. The summed E-state index contributed by atoms with van der Waals surface area (Å²) in [5.41, 5.74) is 0.994. The van der Waals surface area contributed by atoms with Crippen LogP contribution < -0.4 is 5.32 Å². The van der Waals surface area contributed by atoms with E-state index in [9.17, 15) is 14.0 Å². The molecule has 0 aliphatic rings. The van der Waals surface area contributed by atoms with E-state index >= 15 is 0 Å². The largest absolute Gasteiger partial charge is 0.480 e.